The van der Waals surface area contributed by atoms with Gasteiger partial charge in [-0.05, 0) is 31.0 Å². The van der Waals surface area contributed by atoms with E-state index in [9.17, 15) is 4.79 Å². The SMILES string of the molecule is CNC(=O)C1CCN(c2cc(Br)cc(C#N)c2)CC1. The first-order chi connectivity index (χ1) is 9.13. The molecule has 100 valence electrons. The summed E-state index contributed by atoms with van der Waals surface area (Å²) < 4.78 is 0.912. The fraction of sp³-hybridized carbons (Fsp3) is 0.429. The van der Waals surface area contributed by atoms with Crippen LogP contribution in [0.2, 0.25) is 0 Å². The summed E-state index contributed by atoms with van der Waals surface area (Å²) in [6.45, 7) is 1.69. The van der Waals surface area contributed by atoms with Crippen LogP contribution in [-0.2, 0) is 4.79 Å². The topological polar surface area (TPSA) is 56.1 Å². The molecule has 1 saturated heterocycles. The summed E-state index contributed by atoms with van der Waals surface area (Å²) in [7, 11) is 1.68. The minimum absolute atomic E-state index is 0.115. The van der Waals surface area contributed by atoms with Crippen LogP contribution in [0.25, 0.3) is 0 Å². The molecule has 0 saturated carbocycles. The molecule has 0 spiro atoms. The second-order valence-corrected chi connectivity index (χ2v) is 5.60. The highest BCUT2D eigenvalue weighted by Crippen LogP contribution is 2.27. The summed E-state index contributed by atoms with van der Waals surface area (Å²) in [4.78, 5) is 13.8. The number of carbonyl (C=O) groups excluding carboxylic acids is 1. The molecule has 19 heavy (non-hydrogen) atoms. The van der Waals surface area contributed by atoms with Crippen molar-refractivity contribution in [2.45, 2.75) is 12.8 Å². The van der Waals surface area contributed by atoms with Crippen molar-refractivity contribution in [2.24, 2.45) is 5.92 Å². The molecule has 2 rings (SSSR count). The Labute approximate surface area is 121 Å². The smallest absolute Gasteiger partial charge is 0.222 e. The van der Waals surface area contributed by atoms with Crippen molar-refractivity contribution in [2.75, 3.05) is 25.0 Å². The highest BCUT2D eigenvalue weighted by atomic mass is 79.9. The van der Waals surface area contributed by atoms with Crippen LogP contribution in [0, 0.1) is 17.2 Å². The van der Waals surface area contributed by atoms with E-state index in [4.69, 9.17) is 5.26 Å². The first-order valence-corrected chi connectivity index (χ1v) is 7.10. The molecule has 5 heteroatoms. The van der Waals surface area contributed by atoms with Gasteiger partial charge in [-0.25, -0.2) is 0 Å². The Kier molecular flexibility index (Phi) is 4.43. The molecule has 1 amide bonds. The molecule has 1 N–H and O–H groups in total. The number of hydrogen-bond acceptors (Lipinski definition) is 3. The van der Waals surface area contributed by atoms with Crippen LogP contribution in [0.4, 0.5) is 5.69 Å². The minimum atomic E-state index is 0.115. The summed E-state index contributed by atoms with van der Waals surface area (Å²) in [5.41, 5.74) is 1.69. The molecule has 0 aliphatic carbocycles. The molecule has 0 bridgehead atoms. The quantitative estimate of drug-likeness (QED) is 0.909. The number of nitriles is 1. The third-order valence-corrected chi connectivity index (χ3v) is 3.95. The maximum atomic E-state index is 11.6. The fourth-order valence-electron chi connectivity index (χ4n) is 2.43. The van der Waals surface area contributed by atoms with Crippen LogP contribution in [0.5, 0.6) is 0 Å². The molecular formula is C14H16BrN3O. The van der Waals surface area contributed by atoms with Crippen LogP contribution in [-0.4, -0.2) is 26.0 Å². The molecule has 1 aliphatic rings. The van der Waals surface area contributed by atoms with Crippen molar-refractivity contribution in [1.82, 2.24) is 5.32 Å². The normalized spacial score (nSPS) is 15.9. The van der Waals surface area contributed by atoms with Gasteiger partial charge in [0.1, 0.15) is 0 Å². The van der Waals surface area contributed by atoms with E-state index in [0.717, 1.165) is 36.1 Å². The molecule has 0 atom stereocenters. The van der Waals surface area contributed by atoms with E-state index in [2.05, 4.69) is 32.2 Å². The van der Waals surface area contributed by atoms with Gasteiger partial charge in [-0.2, -0.15) is 5.26 Å². The third-order valence-electron chi connectivity index (χ3n) is 3.49. The number of rotatable bonds is 2. The average molecular weight is 322 g/mol. The van der Waals surface area contributed by atoms with Gasteiger partial charge in [-0.1, -0.05) is 15.9 Å². The van der Waals surface area contributed by atoms with E-state index in [-0.39, 0.29) is 11.8 Å². The molecule has 1 aromatic rings. The van der Waals surface area contributed by atoms with Gasteiger partial charge in [-0.3, -0.25) is 4.79 Å². The monoisotopic (exact) mass is 321 g/mol. The molecular weight excluding hydrogens is 306 g/mol. The lowest BCUT2D eigenvalue weighted by atomic mass is 9.95. The van der Waals surface area contributed by atoms with Crippen molar-refractivity contribution in [3.8, 4) is 6.07 Å². The van der Waals surface area contributed by atoms with E-state index < -0.39 is 0 Å². The van der Waals surface area contributed by atoms with Gasteiger partial charge in [0, 0.05) is 36.2 Å². The highest BCUT2D eigenvalue weighted by Gasteiger charge is 2.24. The Morgan fingerprint density at radius 1 is 1.42 bits per heavy atom. The van der Waals surface area contributed by atoms with Gasteiger partial charge in [0.25, 0.3) is 0 Å². The lowest BCUT2D eigenvalue weighted by Gasteiger charge is -2.33. The lowest BCUT2D eigenvalue weighted by Crippen LogP contribution is -2.39. The van der Waals surface area contributed by atoms with Crippen molar-refractivity contribution in [3.63, 3.8) is 0 Å². The number of halogens is 1. The predicted molar refractivity (Wildman–Crippen MR) is 77.9 cm³/mol. The van der Waals surface area contributed by atoms with E-state index in [1.807, 2.05) is 12.1 Å². The number of piperidine rings is 1. The summed E-state index contributed by atoms with van der Waals surface area (Å²) >= 11 is 3.42. The molecule has 0 radical (unpaired) electrons. The second-order valence-electron chi connectivity index (χ2n) is 4.69. The number of nitrogens with zero attached hydrogens (tertiary/aromatic N) is 2. The van der Waals surface area contributed by atoms with E-state index in [1.54, 1.807) is 13.1 Å². The maximum absolute atomic E-state index is 11.6. The number of benzene rings is 1. The van der Waals surface area contributed by atoms with Gasteiger partial charge >= 0.3 is 0 Å². The van der Waals surface area contributed by atoms with Crippen LogP contribution >= 0.6 is 15.9 Å². The number of anilines is 1. The Morgan fingerprint density at radius 3 is 2.68 bits per heavy atom. The lowest BCUT2D eigenvalue weighted by molar-refractivity contribution is -0.125. The Hall–Kier alpha value is -1.54. The molecule has 4 nitrogen and oxygen atoms in total. The fourth-order valence-corrected chi connectivity index (χ4v) is 2.91. The second kappa shape index (κ2) is 6.07. The molecule has 1 aromatic carbocycles. The number of amides is 1. The summed E-state index contributed by atoms with van der Waals surface area (Å²) in [5.74, 6) is 0.246. The Balaban J connectivity index is 2.08. The third kappa shape index (κ3) is 3.27. The zero-order chi connectivity index (χ0) is 13.8. The van der Waals surface area contributed by atoms with E-state index >= 15 is 0 Å². The van der Waals surface area contributed by atoms with Crippen molar-refractivity contribution < 1.29 is 4.79 Å². The van der Waals surface area contributed by atoms with Gasteiger partial charge in [0.15, 0.2) is 0 Å². The largest absolute Gasteiger partial charge is 0.371 e. The molecule has 1 heterocycles. The predicted octanol–water partition coefficient (Wildman–Crippen LogP) is 2.28. The minimum Gasteiger partial charge on any atom is -0.371 e. The standard InChI is InChI=1S/C14H16BrN3O/c1-17-14(19)11-2-4-18(5-3-11)13-7-10(9-16)6-12(15)8-13/h6-8,11H,2-5H2,1H3,(H,17,19). The molecule has 0 unspecified atom stereocenters. The van der Waals surface area contributed by atoms with Gasteiger partial charge < -0.3 is 10.2 Å². The van der Waals surface area contributed by atoms with Gasteiger partial charge in [0.05, 0.1) is 11.6 Å². The molecule has 0 aromatic heterocycles. The number of hydrogen-bond donors (Lipinski definition) is 1. The highest BCUT2D eigenvalue weighted by molar-refractivity contribution is 9.10. The van der Waals surface area contributed by atoms with Crippen molar-refractivity contribution >= 4 is 27.5 Å². The average Bonchev–Trinajstić information content (AvgIpc) is 2.46. The van der Waals surface area contributed by atoms with Gasteiger partial charge in [-0.15, -0.1) is 0 Å². The molecule has 1 aliphatic heterocycles. The van der Waals surface area contributed by atoms with E-state index in [1.165, 1.54) is 0 Å². The number of nitrogens with one attached hydrogen (secondary N) is 1. The summed E-state index contributed by atoms with van der Waals surface area (Å²) in [6.07, 6.45) is 1.71. The first kappa shape index (κ1) is 13.9. The van der Waals surface area contributed by atoms with Crippen LogP contribution in [0.1, 0.15) is 18.4 Å². The first-order valence-electron chi connectivity index (χ1n) is 6.31. The van der Waals surface area contributed by atoms with Crippen LogP contribution in [0.15, 0.2) is 22.7 Å². The number of carbonyl (C=O) groups is 1. The summed E-state index contributed by atoms with van der Waals surface area (Å²) in [6, 6.07) is 7.88. The Bertz CT molecular complexity index is 516. The Morgan fingerprint density at radius 2 is 2.11 bits per heavy atom. The van der Waals surface area contributed by atoms with Crippen molar-refractivity contribution in [1.29, 1.82) is 5.26 Å². The zero-order valence-electron chi connectivity index (χ0n) is 10.8. The maximum Gasteiger partial charge on any atom is 0.222 e. The van der Waals surface area contributed by atoms with Crippen molar-refractivity contribution in [3.05, 3.63) is 28.2 Å². The van der Waals surface area contributed by atoms with Crippen LogP contribution in [0.3, 0.4) is 0 Å². The van der Waals surface area contributed by atoms with Gasteiger partial charge in [0.2, 0.25) is 5.91 Å². The van der Waals surface area contributed by atoms with E-state index in [0.29, 0.717) is 5.56 Å². The zero-order valence-corrected chi connectivity index (χ0v) is 12.4. The molecule has 1 fully saturated rings. The summed E-state index contributed by atoms with van der Waals surface area (Å²) in [5, 5.41) is 11.7. The van der Waals surface area contributed by atoms with Crippen LogP contribution < -0.4 is 10.2 Å².